The van der Waals surface area contributed by atoms with Gasteiger partial charge in [0.1, 0.15) is 5.82 Å². The van der Waals surface area contributed by atoms with Crippen molar-refractivity contribution in [3.63, 3.8) is 0 Å². The molecule has 0 bridgehead atoms. The molecule has 6 nitrogen and oxygen atoms in total. The van der Waals surface area contributed by atoms with Crippen molar-refractivity contribution in [1.29, 1.82) is 0 Å². The van der Waals surface area contributed by atoms with Gasteiger partial charge in [-0.2, -0.15) is 0 Å². The average Bonchev–Trinajstić information content (AvgIpc) is 2.75. The van der Waals surface area contributed by atoms with Crippen LogP contribution in [0.15, 0.2) is 42.9 Å². The number of anilines is 1. The third-order valence-corrected chi connectivity index (χ3v) is 5.82. The Bertz CT molecular complexity index is 789. The first-order valence-electron chi connectivity index (χ1n) is 10.3. The molecule has 1 atom stereocenters. The molecule has 0 saturated carbocycles. The molecule has 0 aliphatic carbocycles. The maximum absolute atomic E-state index is 13.1. The molecule has 3 heterocycles. The number of nitrogens with zero attached hydrogens (tertiary/aromatic N) is 5. The van der Waals surface area contributed by atoms with Crippen molar-refractivity contribution >= 4 is 11.7 Å². The molecule has 28 heavy (non-hydrogen) atoms. The number of hydrogen-bond acceptors (Lipinski definition) is 5. The first-order valence-corrected chi connectivity index (χ1v) is 10.3. The van der Waals surface area contributed by atoms with Crippen molar-refractivity contribution in [2.75, 3.05) is 44.2 Å². The standard InChI is InChI=1S/C22H29N5O/c1-18-4-2-5-19(14-18)16-25-10-12-26(13-11-25)22(28)20-6-3-9-27(17-20)21-15-23-7-8-24-21/h2,4-5,7-8,14-15,20H,3,6,9-13,16-17H2,1H3/t20-/m1/s1. The average molecular weight is 380 g/mol. The van der Waals surface area contributed by atoms with Crippen LogP contribution in [0.5, 0.6) is 0 Å². The molecule has 0 radical (unpaired) electrons. The predicted octanol–water partition coefficient (Wildman–Crippen LogP) is 2.35. The van der Waals surface area contributed by atoms with Crippen molar-refractivity contribution in [2.24, 2.45) is 5.92 Å². The lowest BCUT2D eigenvalue weighted by atomic mass is 9.96. The number of aryl methyl sites for hydroxylation is 1. The lowest BCUT2D eigenvalue weighted by molar-refractivity contribution is -0.137. The summed E-state index contributed by atoms with van der Waals surface area (Å²) < 4.78 is 0. The van der Waals surface area contributed by atoms with Crippen LogP contribution in [0.1, 0.15) is 24.0 Å². The number of piperazine rings is 1. The fourth-order valence-corrected chi connectivity index (χ4v) is 4.29. The highest BCUT2D eigenvalue weighted by Crippen LogP contribution is 2.23. The second-order valence-corrected chi connectivity index (χ2v) is 7.94. The summed E-state index contributed by atoms with van der Waals surface area (Å²) in [6.07, 6.45) is 7.19. The Morgan fingerprint density at radius 1 is 1.14 bits per heavy atom. The van der Waals surface area contributed by atoms with Crippen molar-refractivity contribution in [3.05, 3.63) is 54.0 Å². The number of rotatable bonds is 4. The van der Waals surface area contributed by atoms with Gasteiger partial charge in [0.15, 0.2) is 0 Å². The topological polar surface area (TPSA) is 52.6 Å². The lowest BCUT2D eigenvalue weighted by Gasteiger charge is -2.39. The fraction of sp³-hybridized carbons (Fsp3) is 0.500. The fourth-order valence-electron chi connectivity index (χ4n) is 4.29. The van der Waals surface area contributed by atoms with E-state index in [1.165, 1.54) is 11.1 Å². The zero-order valence-electron chi connectivity index (χ0n) is 16.6. The molecule has 4 rings (SSSR count). The molecule has 2 saturated heterocycles. The lowest BCUT2D eigenvalue weighted by Crippen LogP contribution is -2.52. The predicted molar refractivity (Wildman–Crippen MR) is 110 cm³/mol. The van der Waals surface area contributed by atoms with Crippen molar-refractivity contribution in [2.45, 2.75) is 26.3 Å². The zero-order valence-corrected chi connectivity index (χ0v) is 16.6. The molecule has 0 N–H and O–H groups in total. The van der Waals surface area contributed by atoms with Crippen molar-refractivity contribution in [3.8, 4) is 0 Å². The van der Waals surface area contributed by atoms with Crippen molar-refractivity contribution < 1.29 is 4.79 Å². The Morgan fingerprint density at radius 2 is 2.00 bits per heavy atom. The van der Waals surface area contributed by atoms with E-state index in [9.17, 15) is 4.79 Å². The van der Waals surface area contributed by atoms with Crippen LogP contribution in [0.4, 0.5) is 5.82 Å². The molecule has 0 unspecified atom stereocenters. The van der Waals surface area contributed by atoms with Crippen LogP contribution in [0.3, 0.4) is 0 Å². The smallest absolute Gasteiger partial charge is 0.227 e. The van der Waals surface area contributed by atoms with E-state index in [2.05, 4.69) is 55.9 Å². The summed E-state index contributed by atoms with van der Waals surface area (Å²) in [5, 5.41) is 0. The van der Waals surface area contributed by atoms with E-state index in [4.69, 9.17) is 0 Å². The molecule has 2 aromatic rings. The van der Waals surface area contributed by atoms with Gasteiger partial charge in [0.05, 0.1) is 12.1 Å². The number of amides is 1. The highest BCUT2D eigenvalue weighted by Gasteiger charge is 2.31. The number of benzene rings is 1. The Labute approximate surface area is 167 Å². The highest BCUT2D eigenvalue weighted by atomic mass is 16.2. The monoisotopic (exact) mass is 379 g/mol. The van der Waals surface area contributed by atoms with Crippen LogP contribution >= 0.6 is 0 Å². The van der Waals surface area contributed by atoms with Gasteiger partial charge in [0.25, 0.3) is 0 Å². The van der Waals surface area contributed by atoms with E-state index in [-0.39, 0.29) is 5.92 Å². The Hall–Kier alpha value is -2.47. The normalized spacial score (nSPS) is 21.0. The van der Waals surface area contributed by atoms with E-state index in [1.54, 1.807) is 18.6 Å². The minimum absolute atomic E-state index is 0.0686. The van der Waals surface area contributed by atoms with Gasteiger partial charge < -0.3 is 9.80 Å². The molecular weight excluding hydrogens is 350 g/mol. The van der Waals surface area contributed by atoms with Crippen LogP contribution in [0.2, 0.25) is 0 Å². The summed E-state index contributed by atoms with van der Waals surface area (Å²) in [6.45, 7) is 8.34. The molecular formula is C22H29N5O. The molecule has 2 fully saturated rings. The number of hydrogen-bond donors (Lipinski definition) is 0. The first kappa shape index (κ1) is 18.9. The quantitative estimate of drug-likeness (QED) is 0.816. The minimum Gasteiger partial charge on any atom is -0.355 e. The summed E-state index contributed by atoms with van der Waals surface area (Å²) >= 11 is 0. The van der Waals surface area contributed by atoms with E-state index < -0.39 is 0 Å². The summed E-state index contributed by atoms with van der Waals surface area (Å²) in [5.74, 6) is 1.26. The summed E-state index contributed by atoms with van der Waals surface area (Å²) in [4.78, 5) is 28.4. The number of aromatic nitrogens is 2. The van der Waals surface area contributed by atoms with Crippen LogP contribution < -0.4 is 4.90 Å². The van der Waals surface area contributed by atoms with Gasteiger partial charge in [-0.1, -0.05) is 29.8 Å². The summed E-state index contributed by atoms with van der Waals surface area (Å²) in [5.41, 5.74) is 2.66. The Balaban J connectivity index is 1.30. The molecule has 148 valence electrons. The van der Waals surface area contributed by atoms with Crippen LogP contribution in [-0.2, 0) is 11.3 Å². The van der Waals surface area contributed by atoms with Gasteiger partial charge in [-0.3, -0.25) is 14.7 Å². The van der Waals surface area contributed by atoms with Gasteiger partial charge in [-0.15, -0.1) is 0 Å². The van der Waals surface area contributed by atoms with E-state index in [0.717, 1.165) is 64.5 Å². The number of carbonyl (C=O) groups is 1. The second-order valence-electron chi connectivity index (χ2n) is 7.94. The summed E-state index contributed by atoms with van der Waals surface area (Å²) in [7, 11) is 0. The number of carbonyl (C=O) groups excluding carboxylic acids is 1. The maximum Gasteiger partial charge on any atom is 0.227 e. The molecule has 2 aliphatic rings. The van der Waals surface area contributed by atoms with E-state index in [1.807, 2.05) is 0 Å². The molecule has 1 amide bonds. The molecule has 0 spiro atoms. The maximum atomic E-state index is 13.1. The van der Waals surface area contributed by atoms with E-state index in [0.29, 0.717) is 5.91 Å². The van der Waals surface area contributed by atoms with Gasteiger partial charge in [0, 0.05) is 58.2 Å². The first-order chi connectivity index (χ1) is 13.7. The molecule has 1 aromatic heterocycles. The third-order valence-electron chi connectivity index (χ3n) is 5.82. The van der Waals surface area contributed by atoms with Crippen LogP contribution in [0.25, 0.3) is 0 Å². The van der Waals surface area contributed by atoms with Gasteiger partial charge in [-0.05, 0) is 25.3 Å². The van der Waals surface area contributed by atoms with Crippen LogP contribution in [0, 0.1) is 12.8 Å². The highest BCUT2D eigenvalue weighted by molar-refractivity contribution is 5.80. The summed E-state index contributed by atoms with van der Waals surface area (Å²) in [6, 6.07) is 8.69. The Kier molecular flexibility index (Phi) is 5.86. The van der Waals surface area contributed by atoms with Gasteiger partial charge >= 0.3 is 0 Å². The third kappa shape index (κ3) is 4.50. The van der Waals surface area contributed by atoms with Gasteiger partial charge in [0.2, 0.25) is 5.91 Å². The Morgan fingerprint density at radius 3 is 2.75 bits per heavy atom. The van der Waals surface area contributed by atoms with Gasteiger partial charge in [-0.25, -0.2) is 4.98 Å². The number of piperidine rings is 1. The molecule has 2 aliphatic heterocycles. The largest absolute Gasteiger partial charge is 0.355 e. The minimum atomic E-state index is 0.0686. The zero-order chi connectivity index (χ0) is 19.3. The SMILES string of the molecule is Cc1cccc(CN2CCN(C(=O)[C@@H]3CCCN(c4cnccn4)C3)CC2)c1. The second kappa shape index (κ2) is 8.69. The van der Waals surface area contributed by atoms with Crippen molar-refractivity contribution in [1.82, 2.24) is 19.8 Å². The molecule has 6 heteroatoms. The van der Waals surface area contributed by atoms with E-state index >= 15 is 0 Å². The van der Waals surface area contributed by atoms with Crippen LogP contribution in [-0.4, -0.2) is 64.9 Å². The molecule has 1 aromatic carbocycles.